The summed E-state index contributed by atoms with van der Waals surface area (Å²) in [5.41, 5.74) is 1.22. The van der Waals surface area contributed by atoms with E-state index in [1.54, 1.807) is 0 Å². The standard InChI is InChI=1S/C9H13NOSi/c11-9(10-12)7-6-8-4-2-1-3-5-8/h1-5H,6-7H2,12H3,(H,10,11). The molecule has 3 heteroatoms. The first kappa shape index (κ1) is 9.00. The summed E-state index contributed by atoms with van der Waals surface area (Å²) in [6.45, 7) is 0. The number of rotatable bonds is 3. The van der Waals surface area contributed by atoms with Crippen molar-refractivity contribution in [2.45, 2.75) is 12.8 Å². The Labute approximate surface area is 75.5 Å². The van der Waals surface area contributed by atoms with E-state index in [-0.39, 0.29) is 5.91 Å². The number of carbonyl (C=O) groups excluding carboxylic acids is 1. The molecule has 64 valence electrons. The Kier molecular flexibility index (Phi) is 3.54. The Morgan fingerprint density at radius 3 is 2.58 bits per heavy atom. The molecule has 1 aromatic carbocycles. The highest BCUT2D eigenvalue weighted by Crippen LogP contribution is 2.01. The maximum Gasteiger partial charge on any atom is 0.211 e. The molecule has 1 aromatic rings. The first-order valence-electron chi connectivity index (χ1n) is 4.07. The highest BCUT2D eigenvalue weighted by atomic mass is 28.2. The van der Waals surface area contributed by atoms with Crippen LogP contribution in [0.1, 0.15) is 12.0 Å². The highest BCUT2D eigenvalue weighted by molar-refractivity contribution is 6.14. The lowest BCUT2D eigenvalue weighted by Crippen LogP contribution is -2.19. The third-order valence-corrected chi connectivity index (χ3v) is 2.32. The molecule has 12 heavy (non-hydrogen) atoms. The molecule has 0 aliphatic carbocycles. The predicted molar refractivity (Wildman–Crippen MR) is 52.8 cm³/mol. The van der Waals surface area contributed by atoms with E-state index in [1.807, 2.05) is 30.3 Å². The smallest absolute Gasteiger partial charge is 0.211 e. The van der Waals surface area contributed by atoms with Crippen molar-refractivity contribution >= 4 is 16.3 Å². The van der Waals surface area contributed by atoms with Crippen molar-refractivity contribution in [2.75, 3.05) is 0 Å². The van der Waals surface area contributed by atoms with E-state index in [0.717, 1.165) is 16.8 Å². The monoisotopic (exact) mass is 179 g/mol. The molecule has 1 amide bonds. The molecular weight excluding hydrogens is 166 g/mol. The number of carbonyl (C=O) groups is 1. The van der Waals surface area contributed by atoms with Crippen LogP contribution in [0.4, 0.5) is 0 Å². The van der Waals surface area contributed by atoms with E-state index in [9.17, 15) is 4.79 Å². The number of benzene rings is 1. The Morgan fingerprint density at radius 1 is 1.33 bits per heavy atom. The molecular formula is C9H13NOSi. The van der Waals surface area contributed by atoms with Gasteiger partial charge in [-0.1, -0.05) is 30.3 Å². The van der Waals surface area contributed by atoms with Crippen LogP contribution in [0.5, 0.6) is 0 Å². The number of nitrogens with one attached hydrogen (secondary N) is 1. The second-order valence-electron chi connectivity index (χ2n) is 2.66. The van der Waals surface area contributed by atoms with Gasteiger partial charge in [-0.3, -0.25) is 4.79 Å². The van der Waals surface area contributed by atoms with Gasteiger partial charge in [0.05, 0.1) is 0 Å². The van der Waals surface area contributed by atoms with Gasteiger partial charge in [0, 0.05) is 6.42 Å². The molecule has 0 aliphatic rings. The summed E-state index contributed by atoms with van der Waals surface area (Å²) in [6.07, 6.45) is 1.45. The van der Waals surface area contributed by atoms with Crippen LogP contribution in [-0.4, -0.2) is 16.3 Å². The lowest BCUT2D eigenvalue weighted by atomic mass is 10.1. The second-order valence-corrected chi connectivity index (χ2v) is 3.16. The van der Waals surface area contributed by atoms with E-state index in [0.29, 0.717) is 6.42 Å². The zero-order valence-corrected chi connectivity index (χ0v) is 9.21. The van der Waals surface area contributed by atoms with Crippen LogP contribution in [0, 0.1) is 0 Å². The van der Waals surface area contributed by atoms with Crippen LogP contribution in [0.3, 0.4) is 0 Å². The quantitative estimate of drug-likeness (QED) is 0.651. The second kappa shape index (κ2) is 4.72. The normalized spacial score (nSPS) is 9.67. The number of amides is 1. The largest absolute Gasteiger partial charge is 0.391 e. The van der Waals surface area contributed by atoms with Gasteiger partial charge < -0.3 is 4.98 Å². The molecule has 0 aromatic heterocycles. The Morgan fingerprint density at radius 2 is 2.00 bits per heavy atom. The Balaban J connectivity index is 2.38. The number of aryl methyl sites for hydroxylation is 1. The molecule has 0 heterocycles. The SMILES string of the molecule is O=C(CCc1ccccc1)N[SiH3]. The Bertz CT molecular complexity index is 248. The third-order valence-electron chi connectivity index (χ3n) is 1.76. The van der Waals surface area contributed by atoms with Crippen molar-refractivity contribution < 1.29 is 4.79 Å². The third kappa shape index (κ3) is 2.88. The van der Waals surface area contributed by atoms with Crippen LogP contribution in [0.15, 0.2) is 30.3 Å². The van der Waals surface area contributed by atoms with Gasteiger partial charge in [0.25, 0.3) is 0 Å². The minimum Gasteiger partial charge on any atom is -0.391 e. The number of hydrogen-bond donors (Lipinski definition) is 1. The van der Waals surface area contributed by atoms with Crippen LogP contribution in [0.2, 0.25) is 0 Å². The fourth-order valence-electron chi connectivity index (χ4n) is 1.03. The first-order valence-corrected chi connectivity index (χ1v) is 5.07. The average molecular weight is 179 g/mol. The predicted octanol–water partition coefficient (Wildman–Crippen LogP) is 0.0158. The van der Waals surface area contributed by atoms with Gasteiger partial charge in [0.15, 0.2) is 0 Å². The van der Waals surface area contributed by atoms with E-state index >= 15 is 0 Å². The van der Waals surface area contributed by atoms with Gasteiger partial charge in [-0.05, 0) is 12.0 Å². The average Bonchev–Trinajstić information content (AvgIpc) is 2.16. The van der Waals surface area contributed by atoms with Crippen molar-refractivity contribution in [1.82, 2.24) is 4.98 Å². The van der Waals surface area contributed by atoms with Gasteiger partial charge in [-0.2, -0.15) is 0 Å². The van der Waals surface area contributed by atoms with E-state index < -0.39 is 0 Å². The fourth-order valence-corrected chi connectivity index (χ4v) is 1.28. The van der Waals surface area contributed by atoms with Crippen LogP contribution >= 0.6 is 0 Å². The molecule has 0 radical (unpaired) electrons. The molecule has 1 rings (SSSR count). The minimum absolute atomic E-state index is 0.158. The van der Waals surface area contributed by atoms with Gasteiger partial charge >= 0.3 is 0 Å². The maximum absolute atomic E-state index is 10.9. The molecule has 2 nitrogen and oxygen atoms in total. The van der Waals surface area contributed by atoms with Crippen LogP contribution in [-0.2, 0) is 11.2 Å². The fraction of sp³-hybridized carbons (Fsp3) is 0.222. The topological polar surface area (TPSA) is 29.1 Å². The van der Waals surface area contributed by atoms with Crippen molar-refractivity contribution in [3.8, 4) is 0 Å². The minimum atomic E-state index is 0.158. The molecule has 0 saturated carbocycles. The maximum atomic E-state index is 10.9. The molecule has 0 atom stereocenters. The van der Waals surface area contributed by atoms with E-state index in [1.165, 1.54) is 5.56 Å². The van der Waals surface area contributed by atoms with E-state index in [4.69, 9.17) is 0 Å². The summed E-state index contributed by atoms with van der Waals surface area (Å²) in [4.78, 5) is 13.6. The summed E-state index contributed by atoms with van der Waals surface area (Å²) < 4.78 is 0. The van der Waals surface area contributed by atoms with Crippen LogP contribution < -0.4 is 4.98 Å². The number of hydrogen-bond acceptors (Lipinski definition) is 1. The zero-order chi connectivity index (χ0) is 8.81. The summed E-state index contributed by atoms with van der Waals surface area (Å²) in [5, 5.41) is 0. The van der Waals surface area contributed by atoms with Crippen LogP contribution in [0.25, 0.3) is 0 Å². The summed E-state index contributed by atoms with van der Waals surface area (Å²) in [7, 11) is 0.750. The first-order chi connectivity index (χ1) is 5.83. The molecule has 0 saturated heterocycles. The van der Waals surface area contributed by atoms with Crippen molar-refractivity contribution in [3.05, 3.63) is 35.9 Å². The molecule has 1 N–H and O–H groups in total. The molecule has 0 spiro atoms. The summed E-state index contributed by atoms with van der Waals surface area (Å²) in [5.74, 6) is 0.158. The Hall–Kier alpha value is -1.09. The molecule has 0 bridgehead atoms. The highest BCUT2D eigenvalue weighted by Gasteiger charge is 1.97. The van der Waals surface area contributed by atoms with Crippen molar-refractivity contribution in [1.29, 1.82) is 0 Å². The van der Waals surface area contributed by atoms with Crippen molar-refractivity contribution in [2.24, 2.45) is 0 Å². The van der Waals surface area contributed by atoms with Crippen molar-refractivity contribution in [3.63, 3.8) is 0 Å². The van der Waals surface area contributed by atoms with Gasteiger partial charge in [-0.15, -0.1) is 0 Å². The zero-order valence-electron chi connectivity index (χ0n) is 7.21. The van der Waals surface area contributed by atoms with E-state index in [2.05, 4.69) is 4.98 Å². The summed E-state index contributed by atoms with van der Waals surface area (Å²) >= 11 is 0. The van der Waals surface area contributed by atoms with Gasteiger partial charge in [0.2, 0.25) is 5.91 Å². The van der Waals surface area contributed by atoms with Gasteiger partial charge in [-0.25, -0.2) is 0 Å². The molecule has 0 fully saturated rings. The lowest BCUT2D eigenvalue weighted by Gasteiger charge is -1.99. The molecule has 0 unspecified atom stereocenters. The summed E-state index contributed by atoms with van der Waals surface area (Å²) in [6, 6.07) is 10.1. The molecule has 0 aliphatic heterocycles. The lowest BCUT2D eigenvalue weighted by molar-refractivity contribution is -0.119. The van der Waals surface area contributed by atoms with Gasteiger partial charge in [0.1, 0.15) is 10.4 Å².